The van der Waals surface area contributed by atoms with Gasteiger partial charge in [0.2, 0.25) is 0 Å². The van der Waals surface area contributed by atoms with E-state index in [1.165, 1.54) is 167 Å². The highest BCUT2D eigenvalue weighted by molar-refractivity contribution is 5.67. The van der Waals surface area contributed by atoms with Crippen molar-refractivity contribution in [3.05, 3.63) is 0 Å². The molecule has 0 bridgehead atoms. The first-order chi connectivity index (χ1) is 26.1. The molecule has 0 aliphatic carbocycles. The molecule has 0 aliphatic heterocycles. The van der Waals surface area contributed by atoms with Crippen molar-refractivity contribution >= 4 is 23.9 Å². The van der Waals surface area contributed by atoms with E-state index in [0.717, 1.165) is 51.4 Å². The monoisotopic (exact) mass is 773 g/mol. The van der Waals surface area contributed by atoms with E-state index in [2.05, 4.69) is 27.7 Å². The molecule has 54 heavy (non-hydrogen) atoms. The number of carboxylic acid groups (broad SMARTS) is 4. The molecule has 0 radical (unpaired) electrons. The van der Waals surface area contributed by atoms with Crippen molar-refractivity contribution in [2.45, 2.75) is 272 Å². The van der Waals surface area contributed by atoms with Crippen molar-refractivity contribution in [2.24, 2.45) is 0 Å². The second-order valence-corrected chi connectivity index (χ2v) is 15.2. The van der Waals surface area contributed by atoms with Crippen molar-refractivity contribution in [2.75, 3.05) is 0 Å². The minimum Gasteiger partial charge on any atom is -0.481 e. The van der Waals surface area contributed by atoms with Crippen LogP contribution in [0.15, 0.2) is 0 Å². The molecule has 0 saturated carbocycles. The fraction of sp³-hybridized carbons (Fsp3) is 0.913. The lowest BCUT2D eigenvalue weighted by Gasteiger charge is -2.02. The SMILES string of the molecule is CCCCCCCC(=O)O.CCCCCCCCCC(=O)O.CCCCCCCCCCCC(=O)O.CCCCCCCCCCCCCCCC(=O)O. The molecule has 0 aromatic carbocycles. The van der Waals surface area contributed by atoms with E-state index in [-0.39, 0.29) is 0 Å². The summed E-state index contributed by atoms with van der Waals surface area (Å²) in [5.74, 6) is -2.65. The van der Waals surface area contributed by atoms with Gasteiger partial charge in [0.05, 0.1) is 0 Å². The molecule has 4 N–H and O–H groups in total. The molecule has 0 atom stereocenters. The lowest BCUT2D eigenvalue weighted by Crippen LogP contribution is -1.93. The Bertz CT molecular complexity index is 755. The lowest BCUT2D eigenvalue weighted by molar-refractivity contribution is -0.138. The van der Waals surface area contributed by atoms with Crippen LogP contribution in [0.5, 0.6) is 0 Å². The summed E-state index contributed by atoms with van der Waals surface area (Å²) in [6, 6.07) is 0. The third-order valence-electron chi connectivity index (χ3n) is 9.48. The number of hydrogen-bond donors (Lipinski definition) is 4. The molecule has 0 rings (SSSR count). The topological polar surface area (TPSA) is 149 Å². The van der Waals surface area contributed by atoms with Crippen LogP contribution in [-0.4, -0.2) is 44.3 Å². The van der Waals surface area contributed by atoms with Crippen LogP contribution in [0.3, 0.4) is 0 Å². The van der Waals surface area contributed by atoms with Gasteiger partial charge in [-0.05, 0) is 25.7 Å². The minimum absolute atomic E-state index is 0.337. The second kappa shape index (κ2) is 55.2. The van der Waals surface area contributed by atoms with Crippen LogP contribution < -0.4 is 0 Å². The van der Waals surface area contributed by atoms with Crippen molar-refractivity contribution in [1.82, 2.24) is 0 Å². The molecule has 0 heterocycles. The molecule has 0 aliphatic rings. The molecule has 0 aromatic rings. The Kier molecular flexibility index (Phi) is 59.9. The van der Waals surface area contributed by atoms with E-state index in [9.17, 15) is 19.2 Å². The Morgan fingerprint density at radius 1 is 0.222 bits per heavy atom. The molecule has 0 unspecified atom stereocenters. The summed E-state index contributed by atoms with van der Waals surface area (Å²) in [4.78, 5) is 40.7. The van der Waals surface area contributed by atoms with Crippen LogP contribution >= 0.6 is 0 Å². The summed E-state index contributed by atoms with van der Waals surface area (Å²) in [6.07, 6.45) is 43.3. The van der Waals surface area contributed by atoms with Crippen molar-refractivity contribution in [1.29, 1.82) is 0 Å². The van der Waals surface area contributed by atoms with Crippen molar-refractivity contribution in [3.8, 4) is 0 Å². The van der Waals surface area contributed by atoms with E-state index in [4.69, 9.17) is 20.4 Å². The molecule has 8 heteroatoms. The minimum atomic E-state index is -0.670. The fourth-order valence-electron chi connectivity index (χ4n) is 5.99. The Hall–Kier alpha value is -2.12. The van der Waals surface area contributed by atoms with Crippen LogP contribution in [0.4, 0.5) is 0 Å². The Labute approximate surface area is 334 Å². The maximum atomic E-state index is 10.3. The van der Waals surface area contributed by atoms with Gasteiger partial charge in [-0.25, -0.2) is 0 Å². The molecule has 0 saturated heterocycles. The van der Waals surface area contributed by atoms with Crippen LogP contribution in [-0.2, 0) is 19.2 Å². The zero-order chi connectivity index (χ0) is 41.2. The Morgan fingerprint density at radius 2 is 0.333 bits per heavy atom. The number of aliphatic carboxylic acids is 4. The van der Waals surface area contributed by atoms with E-state index < -0.39 is 23.9 Å². The first-order valence-corrected chi connectivity index (χ1v) is 23.0. The summed E-state index contributed by atoms with van der Waals surface area (Å²) < 4.78 is 0. The predicted octanol–water partition coefficient (Wildman–Crippen LogP) is 15.2. The smallest absolute Gasteiger partial charge is 0.303 e. The molecule has 0 fully saturated rings. The highest BCUT2D eigenvalue weighted by Crippen LogP contribution is 2.13. The zero-order valence-electron chi connectivity index (χ0n) is 36.3. The standard InChI is InChI=1S/C16H32O2.C12H24O2.C10H20O2.C8H16O2/c1-2-3-4-5-6-7-8-9-10-11-12-13-14-15-16(17)18;1-2-3-4-5-6-7-8-9-10-11-12(13)14;1-2-3-4-5-6-7-8-9-10(11)12;1-2-3-4-5-6-7-8(9)10/h2-15H2,1H3,(H,17,18);2-11H2,1H3,(H,13,14);2-9H2,1H3,(H,11,12);2-7H2,1H3,(H,9,10). The first-order valence-electron chi connectivity index (χ1n) is 23.0. The number of rotatable bonds is 38. The number of hydrogen-bond acceptors (Lipinski definition) is 4. The highest BCUT2D eigenvalue weighted by atomic mass is 16.4. The average molecular weight is 773 g/mol. The lowest BCUT2D eigenvalue weighted by atomic mass is 10.0. The van der Waals surface area contributed by atoms with E-state index in [0.29, 0.717) is 25.7 Å². The summed E-state index contributed by atoms with van der Waals surface area (Å²) in [5.41, 5.74) is 0. The summed E-state index contributed by atoms with van der Waals surface area (Å²) in [6.45, 7) is 8.84. The summed E-state index contributed by atoms with van der Waals surface area (Å²) >= 11 is 0. The van der Waals surface area contributed by atoms with Gasteiger partial charge in [0, 0.05) is 25.7 Å². The van der Waals surface area contributed by atoms with Crippen LogP contribution in [0.2, 0.25) is 0 Å². The Morgan fingerprint density at radius 3 is 0.444 bits per heavy atom. The number of carbonyl (C=O) groups is 4. The molecule has 0 amide bonds. The predicted molar refractivity (Wildman–Crippen MR) is 229 cm³/mol. The van der Waals surface area contributed by atoms with Gasteiger partial charge in [0.15, 0.2) is 0 Å². The molecule has 324 valence electrons. The third-order valence-corrected chi connectivity index (χ3v) is 9.48. The zero-order valence-corrected chi connectivity index (χ0v) is 36.3. The first kappa shape index (κ1) is 58.6. The van der Waals surface area contributed by atoms with Gasteiger partial charge in [-0.2, -0.15) is 0 Å². The van der Waals surface area contributed by atoms with Crippen molar-refractivity contribution < 1.29 is 39.6 Å². The van der Waals surface area contributed by atoms with Crippen LogP contribution in [0.1, 0.15) is 272 Å². The van der Waals surface area contributed by atoms with E-state index in [1.807, 2.05) is 0 Å². The molecular formula is C46H92O8. The highest BCUT2D eigenvalue weighted by Gasteiger charge is 1.99. The molecule has 0 spiro atoms. The van der Waals surface area contributed by atoms with Gasteiger partial charge in [-0.15, -0.1) is 0 Å². The van der Waals surface area contributed by atoms with Gasteiger partial charge in [-0.3, -0.25) is 19.2 Å². The maximum Gasteiger partial charge on any atom is 0.303 e. The van der Waals surface area contributed by atoms with Gasteiger partial charge < -0.3 is 20.4 Å². The normalized spacial score (nSPS) is 10.3. The van der Waals surface area contributed by atoms with Crippen LogP contribution in [0.25, 0.3) is 0 Å². The van der Waals surface area contributed by atoms with Gasteiger partial charge in [0.1, 0.15) is 0 Å². The largest absolute Gasteiger partial charge is 0.481 e. The molecule has 8 nitrogen and oxygen atoms in total. The molecular weight excluding hydrogens is 680 g/mol. The Balaban J connectivity index is -0.000000316. The van der Waals surface area contributed by atoms with Crippen LogP contribution in [0, 0.1) is 0 Å². The van der Waals surface area contributed by atoms with E-state index >= 15 is 0 Å². The summed E-state index contributed by atoms with van der Waals surface area (Å²) in [5, 5.41) is 33.5. The van der Waals surface area contributed by atoms with Crippen molar-refractivity contribution in [3.63, 3.8) is 0 Å². The average Bonchev–Trinajstić information content (AvgIpc) is 3.13. The molecule has 0 aromatic heterocycles. The van der Waals surface area contributed by atoms with E-state index in [1.54, 1.807) is 0 Å². The number of carboxylic acids is 4. The summed E-state index contributed by atoms with van der Waals surface area (Å²) in [7, 11) is 0. The number of unbranched alkanes of at least 4 members (excludes halogenated alkanes) is 30. The second-order valence-electron chi connectivity index (χ2n) is 15.2. The maximum absolute atomic E-state index is 10.3. The fourth-order valence-corrected chi connectivity index (χ4v) is 5.99. The third kappa shape index (κ3) is 74.9. The van der Waals surface area contributed by atoms with Gasteiger partial charge >= 0.3 is 23.9 Å². The van der Waals surface area contributed by atoms with Gasteiger partial charge in [0.25, 0.3) is 0 Å². The van der Waals surface area contributed by atoms with Gasteiger partial charge in [-0.1, -0.05) is 220 Å². The quantitative estimate of drug-likeness (QED) is 0.0453.